The molecule has 0 radical (unpaired) electrons. The lowest BCUT2D eigenvalue weighted by molar-refractivity contribution is 0.864. The molecule has 0 saturated heterocycles. The Labute approximate surface area is 87.7 Å². The summed E-state index contributed by atoms with van der Waals surface area (Å²) in [5.41, 5.74) is 0. The van der Waals surface area contributed by atoms with E-state index in [-0.39, 0.29) is 5.92 Å². The van der Waals surface area contributed by atoms with Crippen molar-refractivity contribution in [2.75, 3.05) is 5.75 Å². The second kappa shape index (κ2) is 5.16. The zero-order valence-electron chi connectivity index (χ0n) is 7.33. The molecule has 3 heteroatoms. The van der Waals surface area contributed by atoms with Crippen molar-refractivity contribution >= 4 is 23.4 Å². The number of hydrogen-bond acceptors (Lipinski definition) is 2. The van der Waals surface area contributed by atoms with E-state index >= 15 is 0 Å². The maximum absolute atomic E-state index is 8.57. The molecule has 1 nitrogen and oxygen atoms in total. The van der Waals surface area contributed by atoms with Gasteiger partial charge >= 0.3 is 0 Å². The van der Waals surface area contributed by atoms with Crippen molar-refractivity contribution in [1.82, 2.24) is 0 Å². The highest BCUT2D eigenvalue weighted by Crippen LogP contribution is 2.22. The minimum Gasteiger partial charge on any atom is -0.198 e. The van der Waals surface area contributed by atoms with Gasteiger partial charge in [0, 0.05) is 15.7 Å². The van der Waals surface area contributed by atoms with Crippen LogP contribution in [0, 0.1) is 17.2 Å². The Morgan fingerprint density at radius 1 is 1.46 bits per heavy atom. The van der Waals surface area contributed by atoms with Crippen LogP contribution in [-0.2, 0) is 0 Å². The monoisotopic (exact) mass is 211 g/mol. The summed E-state index contributed by atoms with van der Waals surface area (Å²) in [6.45, 7) is 1.92. The molecule has 0 aromatic heterocycles. The zero-order chi connectivity index (χ0) is 9.68. The van der Waals surface area contributed by atoms with E-state index in [1.54, 1.807) is 11.8 Å². The highest BCUT2D eigenvalue weighted by Gasteiger charge is 2.00. The van der Waals surface area contributed by atoms with Crippen LogP contribution in [0.3, 0.4) is 0 Å². The second-order valence-corrected chi connectivity index (χ2v) is 4.32. The van der Waals surface area contributed by atoms with E-state index in [1.165, 1.54) is 0 Å². The van der Waals surface area contributed by atoms with E-state index in [9.17, 15) is 0 Å². The fraction of sp³-hybridized carbons (Fsp3) is 0.300. The number of hydrogen-bond donors (Lipinski definition) is 0. The molecule has 13 heavy (non-hydrogen) atoms. The van der Waals surface area contributed by atoms with Crippen molar-refractivity contribution < 1.29 is 0 Å². The predicted octanol–water partition coefficient (Wildman–Crippen LogP) is 3.59. The summed E-state index contributed by atoms with van der Waals surface area (Å²) < 4.78 is 0. The number of rotatable bonds is 3. The quantitative estimate of drug-likeness (QED) is 0.714. The maximum atomic E-state index is 8.57. The Morgan fingerprint density at radius 3 is 2.62 bits per heavy atom. The van der Waals surface area contributed by atoms with E-state index in [2.05, 4.69) is 6.07 Å². The summed E-state index contributed by atoms with van der Waals surface area (Å²) in [5, 5.41) is 9.32. The summed E-state index contributed by atoms with van der Waals surface area (Å²) >= 11 is 7.42. The summed E-state index contributed by atoms with van der Waals surface area (Å²) in [7, 11) is 0. The molecule has 0 fully saturated rings. The van der Waals surface area contributed by atoms with Crippen molar-refractivity contribution in [1.29, 1.82) is 5.26 Å². The highest BCUT2D eigenvalue weighted by atomic mass is 35.5. The maximum Gasteiger partial charge on any atom is 0.0661 e. The third-order valence-corrected chi connectivity index (χ3v) is 3.06. The zero-order valence-corrected chi connectivity index (χ0v) is 8.90. The third-order valence-electron chi connectivity index (χ3n) is 1.53. The molecular weight excluding hydrogens is 202 g/mol. The normalized spacial score (nSPS) is 12.1. The van der Waals surface area contributed by atoms with Gasteiger partial charge in [-0.25, -0.2) is 0 Å². The van der Waals surface area contributed by atoms with E-state index < -0.39 is 0 Å². The average molecular weight is 212 g/mol. The van der Waals surface area contributed by atoms with Gasteiger partial charge < -0.3 is 0 Å². The van der Waals surface area contributed by atoms with Crippen LogP contribution in [0.1, 0.15) is 6.92 Å². The van der Waals surface area contributed by atoms with Gasteiger partial charge in [-0.15, -0.1) is 11.8 Å². The average Bonchev–Trinajstić information content (AvgIpc) is 2.16. The molecule has 1 aromatic carbocycles. The van der Waals surface area contributed by atoms with Gasteiger partial charge in [-0.05, 0) is 31.2 Å². The SMILES string of the molecule is CC(C#N)CSc1ccc(Cl)cc1. The van der Waals surface area contributed by atoms with Crippen LogP contribution in [0.15, 0.2) is 29.2 Å². The Morgan fingerprint density at radius 2 is 2.08 bits per heavy atom. The molecule has 1 aromatic rings. The summed E-state index contributed by atoms with van der Waals surface area (Å²) in [6.07, 6.45) is 0. The molecule has 0 aliphatic heterocycles. The number of nitriles is 1. The van der Waals surface area contributed by atoms with E-state index in [4.69, 9.17) is 16.9 Å². The van der Waals surface area contributed by atoms with Gasteiger partial charge in [-0.2, -0.15) is 5.26 Å². The molecule has 1 unspecified atom stereocenters. The second-order valence-electron chi connectivity index (χ2n) is 2.80. The van der Waals surface area contributed by atoms with Crippen molar-refractivity contribution in [3.63, 3.8) is 0 Å². The molecule has 0 saturated carbocycles. The van der Waals surface area contributed by atoms with Crippen LogP contribution in [0.5, 0.6) is 0 Å². The van der Waals surface area contributed by atoms with Gasteiger partial charge in [0.2, 0.25) is 0 Å². The first-order valence-corrected chi connectivity index (χ1v) is 5.36. The minimum atomic E-state index is 0.0979. The standard InChI is InChI=1S/C10H10ClNS/c1-8(6-12)7-13-10-4-2-9(11)3-5-10/h2-5,8H,7H2,1H3. The lowest BCUT2D eigenvalue weighted by atomic mass is 10.3. The molecule has 1 rings (SSSR count). The Balaban J connectivity index is 2.47. The Kier molecular flexibility index (Phi) is 4.14. The number of benzene rings is 1. The largest absolute Gasteiger partial charge is 0.198 e. The molecule has 0 spiro atoms. The smallest absolute Gasteiger partial charge is 0.0661 e. The fourth-order valence-corrected chi connectivity index (χ4v) is 1.76. The number of thioether (sulfide) groups is 1. The van der Waals surface area contributed by atoms with E-state index in [0.29, 0.717) is 0 Å². The van der Waals surface area contributed by atoms with Crippen LogP contribution in [0.25, 0.3) is 0 Å². The molecular formula is C10H10ClNS. The van der Waals surface area contributed by atoms with Gasteiger partial charge in [0.1, 0.15) is 0 Å². The number of nitrogens with zero attached hydrogens (tertiary/aromatic N) is 1. The van der Waals surface area contributed by atoms with E-state index in [1.807, 2.05) is 31.2 Å². The predicted molar refractivity (Wildman–Crippen MR) is 57.0 cm³/mol. The van der Waals surface area contributed by atoms with Gasteiger partial charge in [0.05, 0.1) is 12.0 Å². The van der Waals surface area contributed by atoms with Crippen molar-refractivity contribution in [3.05, 3.63) is 29.3 Å². The lowest BCUT2D eigenvalue weighted by Gasteiger charge is -2.02. The fourth-order valence-electron chi connectivity index (χ4n) is 0.789. The minimum absolute atomic E-state index is 0.0979. The van der Waals surface area contributed by atoms with Crippen LogP contribution < -0.4 is 0 Å². The Bertz CT molecular complexity index is 302. The van der Waals surface area contributed by atoms with Crippen molar-refractivity contribution in [2.45, 2.75) is 11.8 Å². The van der Waals surface area contributed by atoms with Crippen molar-refractivity contribution in [3.8, 4) is 6.07 Å². The topological polar surface area (TPSA) is 23.8 Å². The van der Waals surface area contributed by atoms with Gasteiger partial charge in [0.15, 0.2) is 0 Å². The molecule has 0 amide bonds. The van der Waals surface area contributed by atoms with Crippen LogP contribution in [0.4, 0.5) is 0 Å². The highest BCUT2D eigenvalue weighted by molar-refractivity contribution is 7.99. The van der Waals surface area contributed by atoms with Gasteiger partial charge in [0.25, 0.3) is 0 Å². The van der Waals surface area contributed by atoms with Crippen LogP contribution >= 0.6 is 23.4 Å². The molecule has 68 valence electrons. The first kappa shape index (κ1) is 10.4. The van der Waals surface area contributed by atoms with Crippen LogP contribution in [0.2, 0.25) is 5.02 Å². The van der Waals surface area contributed by atoms with Crippen molar-refractivity contribution in [2.24, 2.45) is 5.92 Å². The lowest BCUT2D eigenvalue weighted by Crippen LogP contribution is -1.92. The first-order valence-electron chi connectivity index (χ1n) is 4.00. The molecule has 0 aliphatic rings. The summed E-state index contributed by atoms with van der Waals surface area (Å²) in [5.74, 6) is 0.929. The van der Waals surface area contributed by atoms with Gasteiger partial charge in [-0.3, -0.25) is 0 Å². The molecule has 0 heterocycles. The van der Waals surface area contributed by atoms with E-state index in [0.717, 1.165) is 15.7 Å². The summed E-state index contributed by atoms with van der Waals surface area (Å²) in [4.78, 5) is 1.16. The molecule has 0 N–H and O–H groups in total. The third kappa shape index (κ3) is 3.71. The van der Waals surface area contributed by atoms with Crippen LogP contribution in [-0.4, -0.2) is 5.75 Å². The molecule has 0 aliphatic carbocycles. The number of halogens is 1. The Hall–Kier alpha value is -0.650. The molecule has 0 bridgehead atoms. The summed E-state index contributed by atoms with van der Waals surface area (Å²) in [6, 6.07) is 9.86. The van der Waals surface area contributed by atoms with Gasteiger partial charge in [-0.1, -0.05) is 11.6 Å². The molecule has 1 atom stereocenters. The first-order chi connectivity index (χ1) is 6.22.